The minimum Gasteiger partial charge on any atom is -0.368 e. The second-order valence-electron chi connectivity index (χ2n) is 6.73. The van der Waals surface area contributed by atoms with Crippen LogP contribution in [-0.4, -0.2) is 59.6 Å². The molecule has 0 radical (unpaired) electrons. The Bertz CT molecular complexity index is 917. The van der Waals surface area contributed by atoms with Crippen LogP contribution in [0, 0.1) is 0 Å². The molecule has 2 N–H and O–H groups in total. The van der Waals surface area contributed by atoms with E-state index in [4.69, 9.17) is 4.98 Å². The molecule has 2 aromatic rings. The number of hydrogen-bond donors (Lipinski definition) is 2. The van der Waals surface area contributed by atoms with Gasteiger partial charge in [-0.15, -0.1) is 0 Å². The summed E-state index contributed by atoms with van der Waals surface area (Å²) in [5.74, 6) is 1.57. The Morgan fingerprint density at radius 3 is 3.08 bits per heavy atom. The van der Waals surface area contributed by atoms with Crippen LogP contribution in [0.5, 0.6) is 0 Å². The molecule has 1 saturated heterocycles. The smallest absolute Gasteiger partial charge is 0.211 e. The van der Waals surface area contributed by atoms with Crippen LogP contribution in [-0.2, 0) is 16.4 Å². The Labute approximate surface area is 153 Å². The molecular weight excluding hydrogens is 352 g/mol. The summed E-state index contributed by atoms with van der Waals surface area (Å²) in [5, 5.41) is 6.63. The van der Waals surface area contributed by atoms with Gasteiger partial charge in [0.2, 0.25) is 10.0 Å². The number of aromatic nitrogens is 3. The predicted molar refractivity (Wildman–Crippen MR) is 101 cm³/mol. The number of nitrogens with one attached hydrogen (secondary N) is 2. The van der Waals surface area contributed by atoms with Gasteiger partial charge in [-0.1, -0.05) is 0 Å². The lowest BCUT2D eigenvalue weighted by atomic mass is 10.1. The standard InChI is InChI=1S/C17H22N6O2S/c1-26(24,25)23-9-3-4-12(11-23)21-16-13(5-2-7-18-16)15-10-20-17-14(22-15)6-8-19-17/h2,5,7,10,12H,3-4,6,8-9,11H2,1H3,(H,18,21)(H,19,20). The number of sulfonamides is 1. The molecule has 8 nitrogen and oxygen atoms in total. The first-order valence-electron chi connectivity index (χ1n) is 8.77. The Kier molecular flexibility index (Phi) is 4.49. The molecule has 0 bridgehead atoms. The fourth-order valence-electron chi connectivity index (χ4n) is 3.46. The minimum absolute atomic E-state index is 0.0242. The van der Waals surface area contributed by atoms with Crippen LogP contribution in [0.2, 0.25) is 0 Å². The van der Waals surface area contributed by atoms with Gasteiger partial charge in [-0.05, 0) is 25.0 Å². The molecule has 1 fully saturated rings. The molecule has 4 rings (SSSR count). The quantitative estimate of drug-likeness (QED) is 0.833. The fourth-order valence-corrected chi connectivity index (χ4v) is 4.37. The zero-order valence-electron chi connectivity index (χ0n) is 14.6. The van der Waals surface area contributed by atoms with E-state index < -0.39 is 10.0 Å². The van der Waals surface area contributed by atoms with Crippen molar-refractivity contribution in [3.05, 3.63) is 30.2 Å². The van der Waals surface area contributed by atoms with E-state index in [-0.39, 0.29) is 6.04 Å². The third-order valence-electron chi connectivity index (χ3n) is 4.78. The molecule has 9 heteroatoms. The average Bonchev–Trinajstić information content (AvgIpc) is 3.09. The van der Waals surface area contributed by atoms with Gasteiger partial charge in [-0.3, -0.25) is 0 Å². The molecule has 4 heterocycles. The van der Waals surface area contributed by atoms with Crippen LogP contribution in [0.25, 0.3) is 11.3 Å². The van der Waals surface area contributed by atoms with E-state index >= 15 is 0 Å². The number of hydrogen-bond acceptors (Lipinski definition) is 7. The lowest BCUT2D eigenvalue weighted by Crippen LogP contribution is -2.44. The maximum atomic E-state index is 11.8. The molecule has 0 spiro atoms. The highest BCUT2D eigenvalue weighted by molar-refractivity contribution is 7.88. The molecule has 1 unspecified atom stereocenters. The average molecular weight is 374 g/mol. The van der Waals surface area contributed by atoms with Crippen LogP contribution >= 0.6 is 0 Å². The van der Waals surface area contributed by atoms with E-state index in [1.807, 2.05) is 12.1 Å². The predicted octanol–water partition coefficient (Wildman–Crippen LogP) is 1.34. The number of pyridine rings is 1. The van der Waals surface area contributed by atoms with Crippen LogP contribution in [0.4, 0.5) is 11.6 Å². The van der Waals surface area contributed by atoms with Crippen molar-refractivity contribution in [1.29, 1.82) is 0 Å². The van der Waals surface area contributed by atoms with Crippen LogP contribution in [0.1, 0.15) is 18.5 Å². The summed E-state index contributed by atoms with van der Waals surface area (Å²) >= 11 is 0. The van der Waals surface area contributed by atoms with Crippen LogP contribution < -0.4 is 10.6 Å². The van der Waals surface area contributed by atoms with Gasteiger partial charge in [0.25, 0.3) is 0 Å². The van der Waals surface area contributed by atoms with Gasteiger partial charge >= 0.3 is 0 Å². The molecule has 0 saturated carbocycles. The molecule has 0 amide bonds. The summed E-state index contributed by atoms with van der Waals surface area (Å²) in [5.41, 5.74) is 2.63. The van der Waals surface area contributed by atoms with E-state index in [2.05, 4.69) is 20.6 Å². The third-order valence-corrected chi connectivity index (χ3v) is 6.05. The summed E-state index contributed by atoms with van der Waals surface area (Å²) in [4.78, 5) is 13.6. The molecule has 2 aliphatic rings. The summed E-state index contributed by atoms with van der Waals surface area (Å²) < 4.78 is 25.2. The first-order valence-corrected chi connectivity index (χ1v) is 10.6. The summed E-state index contributed by atoms with van der Waals surface area (Å²) in [7, 11) is -3.18. The van der Waals surface area contributed by atoms with E-state index in [1.54, 1.807) is 12.4 Å². The Morgan fingerprint density at radius 2 is 2.23 bits per heavy atom. The van der Waals surface area contributed by atoms with Gasteiger partial charge in [-0.2, -0.15) is 0 Å². The minimum atomic E-state index is -3.18. The SMILES string of the molecule is CS(=O)(=O)N1CCCC(Nc2ncccc2-c2cnc3c(n2)CCN3)C1. The molecule has 2 aromatic heterocycles. The summed E-state index contributed by atoms with van der Waals surface area (Å²) in [6.07, 6.45) is 7.34. The van der Waals surface area contributed by atoms with Crippen molar-refractivity contribution >= 4 is 21.7 Å². The third kappa shape index (κ3) is 3.49. The maximum Gasteiger partial charge on any atom is 0.211 e. The van der Waals surface area contributed by atoms with Crippen molar-refractivity contribution in [3.8, 4) is 11.3 Å². The fraction of sp³-hybridized carbons (Fsp3) is 0.471. The van der Waals surface area contributed by atoms with Gasteiger partial charge in [0.15, 0.2) is 0 Å². The van der Waals surface area contributed by atoms with E-state index in [0.29, 0.717) is 18.9 Å². The van der Waals surface area contributed by atoms with Crippen molar-refractivity contribution < 1.29 is 8.42 Å². The van der Waals surface area contributed by atoms with Crippen molar-refractivity contribution in [2.24, 2.45) is 0 Å². The number of fused-ring (bicyclic) bond motifs is 1. The van der Waals surface area contributed by atoms with E-state index in [1.165, 1.54) is 10.6 Å². The topological polar surface area (TPSA) is 100 Å². The normalized spacial score (nSPS) is 20.4. The van der Waals surface area contributed by atoms with Crippen molar-refractivity contribution in [1.82, 2.24) is 19.3 Å². The number of rotatable bonds is 4. The maximum absolute atomic E-state index is 11.8. The Morgan fingerprint density at radius 1 is 1.35 bits per heavy atom. The molecule has 2 aliphatic heterocycles. The molecular formula is C17H22N6O2S. The zero-order valence-corrected chi connectivity index (χ0v) is 15.5. The molecule has 1 atom stereocenters. The molecule has 0 aliphatic carbocycles. The number of anilines is 2. The van der Waals surface area contributed by atoms with Gasteiger partial charge in [-0.25, -0.2) is 27.7 Å². The van der Waals surface area contributed by atoms with Crippen molar-refractivity contribution in [2.45, 2.75) is 25.3 Å². The monoisotopic (exact) mass is 374 g/mol. The van der Waals surface area contributed by atoms with E-state index in [9.17, 15) is 8.42 Å². The largest absolute Gasteiger partial charge is 0.368 e. The van der Waals surface area contributed by atoms with E-state index in [0.717, 1.165) is 48.6 Å². The highest BCUT2D eigenvalue weighted by atomic mass is 32.2. The lowest BCUT2D eigenvalue weighted by Gasteiger charge is -2.32. The van der Waals surface area contributed by atoms with Gasteiger partial charge < -0.3 is 10.6 Å². The lowest BCUT2D eigenvalue weighted by molar-refractivity contribution is 0.329. The molecule has 138 valence electrons. The van der Waals surface area contributed by atoms with Crippen LogP contribution in [0.3, 0.4) is 0 Å². The van der Waals surface area contributed by atoms with Gasteiger partial charge in [0.05, 0.1) is 23.8 Å². The van der Waals surface area contributed by atoms with Crippen molar-refractivity contribution in [2.75, 3.05) is 36.5 Å². The van der Waals surface area contributed by atoms with Gasteiger partial charge in [0.1, 0.15) is 11.6 Å². The second kappa shape index (κ2) is 6.81. The second-order valence-corrected chi connectivity index (χ2v) is 8.71. The highest BCUT2D eigenvalue weighted by Gasteiger charge is 2.26. The summed E-state index contributed by atoms with van der Waals surface area (Å²) in [6.45, 7) is 1.89. The zero-order chi connectivity index (χ0) is 18.1. The Hall–Kier alpha value is -2.26. The Balaban J connectivity index is 1.58. The molecule has 0 aromatic carbocycles. The first kappa shape index (κ1) is 17.2. The molecule has 26 heavy (non-hydrogen) atoms. The highest BCUT2D eigenvalue weighted by Crippen LogP contribution is 2.28. The number of piperidine rings is 1. The number of nitrogens with zero attached hydrogens (tertiary/aromatic N) is 4. The van der Waals surface area contributed by atoms with Crippen molar-refractivity contribution in [3.63, 3.8) is 0 Å². The van der Waals surface area contributed by atoms with Gasteiger partial charge in [0, 0.05) is 43.9 Å². The first-order chi connectivity index (χ1) is 12.5. The summed E-state index contributed by atoms with van der Waals surface area (Å²) in [6, 6.07) is 3.86. The van der Waals surface area contributed by atoms with Crippen LogP contribution in [0.15, 0.2) is 24.5 Å².